The van der Waals surface area contributed by atoms with Crippen molar-refractivity contribution in [1.82, 2.24) is 9.97 Å². The zero-order chi connectivity index (χ0) is 11.9. The van der Waals surface area contributed by atoms with E-state index in [1.807, 2.05) is 30.5 Å². The number of nitrogens with zero attached hydrogens (tertiary/aromatic N) is 2. The van der Waals surface area contributed by atoms with Crippen molar-refractivity contribution in [2.24, 2.45) is 4.99 Å². The smallest absolute Gasteiger partial charge is 0.149 e. The summed E-state index contributed by atoms with van der Waals surface area (Å²) < 4.78 is 0. The third-order valence-electron chi connectivity index (χ3n) is 2.76. The Morgan fingerprint density at radius 3 is 2.94 bits per heavy atom. The lowest BCUT2D eigenvalue weighted by Gasteiger charge is -1.93. The molecule has 1 heterocycles. The average Bonchev–Trinajstić information content (AvgIpc) is 2.76. The summed E-state index contributed by atoms with van der Waals surface area (Å²) in [5.74, 6) is 0.849. The quantitative estimate of drug-likeness (QED) is 0.597. The van der Waals surface area contributed by atoms with Crippen LogP contribution in [0.2, 0.25) is 0 Å². The van der Waals surface area contributed by atoms with Gasteiger partial charge in [0.25, 0.3) is 0 Å². The Labute approximate surface area is 102 Å². The summed E-state index contributed by atoms with van der Waals surface area (Å²) in [5, 5.41) is 0. The molecule has 0 saturated heterocycles. The number of aliphatic imine (C=N–C) groups is 1. The predicted octanol–water partition coefficient (Wildman–Crippen LogP) is 3.56. The third kappa shape index (κ3) is 3.41. The molecule has 0 bridgehead atoms. The highest BCUT2D eigenvalue weighted by Crippen LogP contribution is 2.08. The Balaban J connectivity index is 1.87. The first-order valence-electron chi connectivity index (χ1n) is 6.34. The number of rotatable bonds is 6. The molecule has 0 saturated carbocycles. The molecule has 17 heavy (non-hydrogen) atoms. The first kappa shape index (κ1) is 11.8. The number of hydrogen-bond acceptors (Lipinski definition) is 2. The van der Waals surface area contributed by atoms with Crippen molar-refractivity contribution in [3.63, 3.8) is 0 Å². The van der Waals surface area contributed by atoms with Gasteiger partial charge in [0.15, 0.2) is 0 Å². The van der Waals surface area contributed by atoms with Gasteiger partial charge in [-0.3, -0.25) is 4.99 Å². The molecule has 2 aromatic rings. The van der Waals surface area contributed by atoms with E-state index in [0.29, 0.717) is 0 Å². The fraction of sp³-hybridized carbons (Fsp3) is 0.429. The number of fused-ring (bicyclic) bond motifs is 1. The molecule has 0 fully saturated rings. The van der Waals surface area contributed by atoms with E-state index in [2.05, 4.69) is 21.9 Å². The number of nitrogens with one attached hydrogen (secondary N) is 1. The summed E-state index contributed by atoms with van der Waals surface area (Å²) in [6.45, 7) is 3.12. The molecule has 2 rings (SSSR count). The van der Waals surface area contributed by atoms with E-state index in [0.717, 1.165) is 23.4 Å². The first-order valence-corrected chi connectivity index (χ1v) is 6.34. The van der Waals surface area contributed by atoms with Crippen LogP contribution in [0.15, 0.2) is 29.3 Å². The number of aromatic nitrogens is 2. The van der Waals surface area contributed by atoms with Crippen LogP contribution in [0.4, 0.5) is 0 Å². The maximum atomic E-state index is 4.44. The fourth-order valence-electron chi connectivity index (χ4n) is 1.81. The summed E-state index contributed by atoms with van der Waals surface area (Å²) in [7, 11) is 0. The van der Waals surface area contributed by atoms with Crippen LogP contribution >= 0.6 is 0 Å². The van der Waals surface area contributed by atoms with E-state index in [4.69, 9.17) is 0 Å². The van der Waals surface area contributed by atoms with Gasteiger partial charge in [-0.1, -0.05) is 38.3 Å². The molecule has 3 nitrogen and oxygen atoms in total. The topological polar surface area (TPSA) is 41.0 Å². The van der Waals surface area contributed by atoms with Crippen LogP contribution in [-0.2, 0) is 0 Å². The highest BCUT2D eigenvalue weighted by molar-refractivity contribution is 5.83. The van der Waals surface area contributed by atoms with Gasteiger partial charge in [-0.2, -0.15) is 0 Å². The average molecular weight is 229 g/mol. The summed E-state index contributed by atoms with van der Waals surface area (Å²) in [6.07, 6.45) is 6.86. The lowest BCUT2D eigenvalue weighted by molar-refractivity contribution is 0.676. The van der Waals surface area contributed by atoms with E-state index in [9.17, 15) is 0 Å². The van der Waals surface area contributed by atoms with Crippen LogP contribution in [0.25, 0.3) is 11.0 Å². The maximum absolute atomic E-state index is 4.44. The molecule has 0 amide bonds. The zero-order valence-corrected chi connectivity index (χ0v) is 10.3. The Morgan fingerprint density at radius 1 is 1.24 bits per heavy atom. The molecule has 1 aromatic heterocycles. The first-order chi connectivity index (χ1) is 8.40. The third-order valence-corrected chi connectivity index (χ3v) is 2.76. The summed E-state index contributed by atoms with van der Waals surface area (Å²) in [4.78, 5) is 12.1. The molecule has 0 spiro atoms. The molecule has 1 aromatic carbocycles. The molecule has 0 aliphatic carbocycles. The van der Waals surface area contributed by atoms with E-state index in [1.165, 1.54) is 25.7 Å². The molecule has 90 valence electrons. The SMILES string of the molecule is CCCCCCN=Cc1nc2ccccc2[nH]1. The summed E-state index contributed by atoms with van der Waals surface area (Å²) in [5.41, 5.74) is 2.07. The predicted molar refractivity (Wildman–Crippen MR) is 72.7 cm³/mol. The second-order valence-electron chi connectivity index (χ2n) is 4.24. The molecular weight excluding hydrogens is 210 g/mol. The summed E-state index contributed by atoms with van der Waals surface area (Å²) in [6, 6.07) is 8.03. The number of unbranched alkanes of at least 4 members (excludes halogenated alkanes) is 3. The molecule has 0 aliphatic heterocycles. The highest BCUT2D eigenvalue weighted by atomic mass is 14.9. The zero-order valence-electron chi connectivity index (χ0n) is 10.3. The van der Waals surface area contributed by atoms with Gasteiger partial charge in [-0.05, 0) is 18.6 Å². The molecular formula is C14H19N3. The maximum Gasteiger partial charge on any atom is 0.149 e. The Morgan fingerprint density at radius 2 is 2.12 bits per heavy atom. The number of hydrogen-bond donors (Lipinski definition) is 1. The lowest BCUT2D eigenvalue weighted by atomic mass is 10.2. The second kappa shape index (κ2) is 6.18. The lowest BCUT2D eigenvalue weighted by Crippen LogP contribution is -1.87. The van der Waals surface area contributed by atoms with Gasteiger partial charge in [0.05, 0.1) is 17.2 Å². The normalized spacial score (nSPS) is 11.6. The molecule has 3 heteroatoms. The van der Waals surface area contributed by atoms with Crippen LogP contribution in [0, 0.1) is 0 Å². The Bertz CT molecular complexity index is 452. The van der Waals surface area contributed by atoms with Crippen molar-refractivity contribution in [3.8, 4) is 0 Å². The van der Waals surface area contributed by atoms with Crippen LogP contribution in [0.1, 0.15) is 38.4 Å². The van der Waals surface area contributed by atoms with Gasteiger partial charge in [0.1, 0.15) is 5.82 Å². The van der Waals surface area contributed by atoms with E-state index in [1.54, 1.807) is 0 Å². The number of benzene rings is 1. The monoisotopic (exact) mass is 229 g/mol. The van der Waals surface area contributed by atoms with Crippen LogP contribution in [-0.4, -0.2) is 22.7 Å². The minimum absolute atomic E-state index is 0.849. The fourth-order valence-corrected chi connectivity index (χ4v) is 1.81. The van der Waals surface area contributed by atoms with Crippen molar-refractivity contribution in [3.05, 3.63) is 30.1 Å². The molecule has 0 radical (unpaired) electrons. The van der Waals surface area contributed by atoms with Gasteiger partial charge in [0.2, 0.25) is 0 Å². The van der Waals surface area contributed by atoms with E-state index >= 15 is 0 Å². The Kier molecular flexibility index (Phi) is 4.30. The van der Waals surface area contributed by atoms with E-state index in [-0.39, 0.29) is 0 Å². The molecule has 0 atom stereocenters. The van der Waals surface area contributed by atoms with E-state index < -0.39 is 0 Å². The van der Waals surface area contributed by atoms with Crippen LogP contribution in [0.5, 0.6) is 0 Å². The van der Waals surface area contributed by atoms with Gasteiger partial charge in [0, 0.05) is 6.54 Å². The number of imidazole rings is 1. The van der Waals surface area contributed by atoms with Crippen LogP contribution < -0.4 is 0 Å². The minimum atomic E-state index is 0.849. The molecule has 1 N–H and O–H groups in total. The van der Waals surface area contributed by atoms with Gasteiger partial charge >= 0.3 is 0 Å². The molecule has 0 aliphatic rings. The van der Waals surface area contributed by atoms with Crippen molar-refractivity contribution in [1.29, 1.82) is 0 Å². The van der Waals surface area contributed by atoms with Crippen molar-refractivity contribution >= 4 is 17.2 Å². The number of H-pyrrole nitrogens is 1. The number of para-hydroxylation sites is 2. The Hall–Kier alpha value is -1.64. The van der Waals surface area contributed by atoms with Crippen LogP contribution in [0.3, 0.4) is 0 Å². The molecule has 0 unspecified atom stereocenters. The van der Waals surface area contributed by atoms with Crippen molar-refractivity contribution < 1.29 is 0 Å². The van der Waals surface area contributed by atoms with Gasteiger partial charge in [-0.15, -0.1) is 0 Å². The largest absolute Gasteiger partial charge is 0.337 e. The summed E-state index contributed by atoms with van der Waals surface area (Å²) >= 11 is 0. The van der Waals surface area contributed by atoms with Gasteiger partial charge in [-0.25, -0.2) is 4.98 Å². The second-order valence-corrected chi connectivity index (χ2v) is 4.24. The minimum Gasteiger partial charge on any atom is -0.337 e. The number of aromatic amines is 1. The standard InChI is InChI=1S/C14H19N3/c1-2-3-4-7-10-15-11-14-16-12-8-5-6-9-13(12)17-14/h5-6,8-9,11H,2-4,7,10H2,1H3,(H,16,17). The van der Waals surface area contributed by atoms with Gasteiger partial charge < -0.3 is 4.98 Å². The van der Waals surface area contributed by atoms with Crippen molar-refractivity contribution in [2.75, 3.05) is 6.54 Å². The highest BCUT2D eigenvalue weighted by Gasteiger charge is 1.97. The van der Waals surface area contributed by atoms with Crippen molar-refractivity contribution in [2.45, 2.75) is 32.6 Å².